The molecule has 27 heavy (non-hydrogen) atoms. The van der Waals surface area contributed by atoms with Gasteiger partial charge in [-0.15, -0.1) is 11.8 Å². The first-order valence-corrected chi connectivity index (χ1v) is 9.71. The zero-order valence-electron chi connectivity index (χ0n) is 15.4. The first-order chi connectivity index (χ1) is 13.0. The number of carbonyl (C=O) groups excluding carboxylic acids is 2. The monoisotopic (exact) mass is 388 g/mol. The number of rotatable bonds is 5. The second-order valence-corrected chi connectivity index (χ2v) is 7.23. The number of likely N-dealkylation sites (N-methyl/N-ethyl adjacent to an activating group) is 1. The van der Waals surface area contributed by atoms with Crippen LogP contribution in [0.2, 0.25) is 0 Å². The number of benzene rings is 2. The van der Waals surface area contributed by atoms with E-state index < -0.39 is 11.7 Å². The molecule has 2 aromatic rings. The maximum atomic E-state index is 13.8. The molecule has 0 bridgehead atoms. The van der Waals surface area contributed by atoms with Crippen molar-refractivity contribution < 1.29 is 18.7 Å². The highest BCUT2D eigenvalue weighted by Crippen LogP contribution is 2.36. The van der Waals surface area contributed by atoms with Crippen LogP contribution in [0.1, 0.15) is 11.5 Å². The van der Waals surface area contributed by atoms with E-state index in [2.05, 4.69) is 5.32 Å². The third-order valence-electron chi connectivity index (χ3n) is 4.77. The first kappa shape index (κ1) is 19.2. The summed E-state index contributed by atoms with van der Waals surface area (Å²) in [6.45, 7) is 0.385. The zero-order chi connectivity index (χ0) is 19.6. The van der Waals surface area contributed by atoms with Crippen molar-refractivity contribution >= 4 is 29.3 Å². The highest BCUT2D eigenvalue weighted by Gasteiger charge is 2.44. The van der Waals surface area contributed by atoms with Crippen LogP contribution in [-0.4, -0.2) is 43.7 Å². The van der Waals surface area contributed by atoms with E-state index >= 15 is 0 Å². The van der Waals surface area contributed by atoms with Crippen LogP contribution in [0.5, 0.6) is 5.75 Å². The predicted octanol–water partition coefficient (Wildman–Crippen LogP) is 3.37. The fourth-order valence-corrected chi connectivity index (χ4v) is 3.91. The summed E-state index contributed by atoms with van der Waals surface area (Å²) in [6, 6.07) is 11.9. The summed E-state index contributed by atoms with van der Waals surface area (Å²) in [5.41, 5.74) is 1.37. The van der Waals surface area contributed by atoms with Crippen LogP contribution < -0.4 is 10.1 Å². The second kappa shape index (κ2) is 8.00. The number of halogens is 1. The lowest BCUT2D eigenvalue weighted by Gasteiger charge is -2.18. The molecule has 2 aromatic carbocycles. The Kier molecular flexibility index (Phi) is 5.70. The largest absolute Gasteiger partial charge is 0.494 e. The molecule has 1 fully saturated rings. The average molecular weight is 388 g/mol. The van der Waals surface area contributed by atoms with Gasteiger partial charge >= 0.3 is 0 Å². The van der Waals surface area contributed by atoms with E-state index in [4.69, 9.17) is 4.74 Å². The van der Waals surface area contributed by atoms with Gasteiger partial charge in [-0.05, 0) is 36.1 Å². The number of thioether (sulfide) groups is 1. The Morgan fingerprint density at radius 1 is 1.30 bits per heavy atom. The summed E-state index contributed by atoms with van der Waals surface area (Å²) in [7, 11) is 3.05. The number of amides is 2. The minimum absolute atomic E-state index is 0.0985. The highest BCUT2D eigenvalue weighted by atomic mass is 32.2. The van der Waals surface area contributed by atoms with Gasteiger partial charge in [0, 0.05) is 24.4 Å². The van der Waals surface area contributed by atoms with Crippen LogP contribution in [0.15, 0.2) is 47.4 Å². The molecule has 1 aliphatic rings. The summed E-state index contributed by atoms with van der Waals surface area (Å²) in [5.74, 6) is -2.24. The fraction of sp³-hybridized carbons (Fsp3) is 0.300. The Morgan fingerprint density at radius 3 is 2.74 bits per heavy atom. The number of hydrogen-bond acceptors (Lipinski definition) is 4. The van der Waals surface area contributed by atoms with Gasteiger partial charge < -0.3 is 15.0 Å². The number of anilines is 1. The minimum Gasteiger partial charge on any atom is -0.494 e. The van der Waals surface area contributed by atoms with E-state index in [0.29, 0.717) is 17.8 Å². The molecule has 0 aromatic heterocycles. The van der Waals surface area contributed by atoms with Crippen LogP contribution in [-0.2, 0) is 9.59 Å². The summed E-state index contributed by atoms with van der Waals surface area (Å²) in [4.78, 5) is 28.1. The molecule has 1 heterocycles. The summed E-state index contributed by atoms with van der Waals surface area (Å²) in [6.07, 6.45) is 1.92. The Bertz CT molecular complexity index is 874. The lowest BCUT2D eigenvalue weighted by Crippen LogP contribution is -2.32. The topological polar surface area (TPSA) is 58.6 Å². The molecule has 1 aliphatic heterocycles. The highest BCUT2D eigenvalue weighted by molar-refractivity contribution is 7.98. The average Bonchev–Trinajstić information content (AvgIpc) is 2.97. The van der Waals surface area contributed by atoms with Gasteiger partial charge in [0.05, 0.1) is 12.8 Å². The van der Waals surface area contributed by atoms with Crippen LogP contribution in [0, 0.1) is 11.7 Å². The van der Waals surface area contributed by atoms with Gasteiger partial charge in [-0.3, -0.25) is 9.59 Å². The van der Waals surface area contributed by atoms with Gasteiger partial charge in [0.1, 0.15) is 5.92 Å². The Labute approximate surface area is 161 Å². The Balaban J connectivity index is 1.91. The van der Waals surface area contributed by atoms with E-state index in [9.17, 15) is 14.0 Å². The van der Waals surface area contributed by atoms with Gasteiger partial charge in [-0.2, -0.15) is 0 Å². The van der Waals surface area contributed by atoms with Crippen molar-refractivity contribution in [3.8, 4) is 5.75 Å². The molecule has 1 saturated heterocycles. The number of hydrogen-bond donors (Lipinski definition) is 1. The second-order valence-electron chi connectivity index (χ2n) is 6.39. The molecular formula is C20H21FN2O3S. The summed E-state index contributed by atoms with van der Waals surface area (Å²) >= 11 is 1.52. The van der Waals surface area contributed by atoms with E-state index in [-0.39, 0.29) is 23.5 Å². The van der Waals surface area contributed by atoms with Crippen LogP contribution in [0.25, 0.3) is 0 Å². The zero-order valence-corrected chi connectivity index (χ0v) is 16.2. The predicted molar refractivity (Wildman–Crippen MR) is 104 cm³/mol. The van der Waals surface area contributed by atoms with Crippen molar-refractivity contribution in [1.29, 1.82) is 0 Å². The summed E-state index contributed by atoms with van der Waals surface area (Å²) in [5, 5.41) is 2.88. The molecule has 3 rings (SSSR count). The van der Waals surface area contributed by atoms with Crippen molar-refractivity contribution in [2.45, 2.75) is 10.8 Å². The lowest BCUT2D eigenvalue weighted by atomic mass is 9.87. The molecule has 7 heteroatoms. The maximum Gasteiger partial charge on any atom is 0.237 e. The van der Waals surface area contributed by atoms with E-state index in [1.807, 2.05) is 30.5 Å². The van der Waals surface area contributed by atoms with Crippen molar-refractivity contribution in [1.82, 2.24) is 4.90 Å². The molecule has 5 nitrogen and oxygen atoms in total. The molecule has 2 atom stereocenters. The van der Waals surface area contributed by atoms with Gasteiger partial charge in [0.15, 0.2) is 11.6 Å². The minimum atomic E-state index is -0.875. The van der Waals surface area contributed by atoms with E-state index in [0.717, 1.165) is 4.90 Å². The SMILES string of the molecule is COc1cc([C@H]2CN(C)C(=O)[C@@H]2C(=O)Nc2ccccc2SC)ccc1F. The number of carbonyl (C=O) groups is 2. The summed E-state index contributed by atoms with van der Waals surface area (Å²) < 4.78 is 18.8. The van der Waals surface area contributed by atoms with Crippen molar-refractivity contribution in [3.05, 3.63) is 53.8 Å². The van der Waals surface area contributed by atoms with Crippen molar-refractivity contribution in [3.63, 3.8) is 0 Å². The lowest BCUT2D eigenvalue weighted by molar-refractivity contribution is -0.135. The quantitative estimate of drug-likeness (QED) is 0.630. The van der Waals surface area contributed by atoms with Crippen molar-refractivity contribution in [2.75, 3.05) is 32.3 Å². The van der Waals surface area contributed by atoms with Crippen LogP contribution in [0.4, 0.5) is 10.1 Å². The Morgan fingerprint density at radius 2 is 2.04 bits per heavy atom. The van der Waals surface area contributed by atoms with Crippen LogP contribution in [0.3, 0.4) is 0 Å². The first-order valence-electron chi connectivity index (χ1n) is 8.48. The normalized spacial score (nSPS) is 19.3. The standard InChI is InChI=1S/C20H21FN2O3S/c1-23-11-13(12-8-9-14(21)16(10-12)26-2)18(20(23)25)19(24)22-15-6-4-5-7-17(15)27-3/h4-10,13,18H,11H2,1-3H3,(H,22,24)/t13-,18+/m1/s1. The number of ether oxygens (including phenoxy) is 1. The number of likely N-dealkylation sites (tertiary alicyclic amines) is 1. The Hall–Kier alpha value is -2.54. The molecule has 142 valence electrons. The molecular weight excluding hydrogens is 367 g/mol. The number of para-hydroxylation sites is 1. The maximum absolute atomic E-state index is 13.8. The van der Waals surface area contributed by atoms with Gasteiger partial charge in [-0.25, -0.2) is 4.39 Å². The van der Waals surface area contributed by atoms with Gasteiger partial charge in [-0.1, -0.05) is 18.2 Å². The number of nitrogens with one attached hydrogen (secondary N) is 1. The molecule has 0 spiro atoms. The molecule has 0 saturated carbocycles. The van der Waals surface area contributed by atoms with E-state index in [1.165, 1.54) is 29.8 Å². The molecule has 0 aliphatic carbocycles. The third kappa shape index (κ3) is 3.78. The van der Waals surface area contributed by atoms with Gasteiger partial charge in [0.2, 0.25) is 11.8 Å². The van der Waals surface area contributed by atoms with Crippen molar-refractivity contribution in [2.24, 2.45) is 5.92 Å². The number of methoxy groups -OCH3 is 1. The molecule has 2 amide bonds. The van der Waals surface area contributed by atoms with Crippen LogP contribution >= 0.6 is 11.8 Å². The number of nitrogens with zero attached hydrogens (tertiary/aromatic N) is 1. The smallest absolute Gasteiger partial charge is 0.237 e. The van der Waals surface area contributed by atoms with E-state index in [1.54, 1.807) is 19.2 Å². The third-order valence-corrected chi connectivity index (χ3v) is 5.56. The molecule has 1 N–H and O–H groups in total. The molecule has 0 unspecified atom stereocenters. The van der Waals surface area contributed by atoms with Gasteiger partial charge in [0.25, 0.3) is 0 Å². The molecule has 0 radical (unpaired) electrons. The fourth-order valence-electron chi connectivity index (χ4n) is 3.36.